The Morgan fingerprint density at radius 2 is 0.868 bits per heavy atom. The molecule has 0 fully saturated rings. The smallest absolute Gasteiger partial charge is 0.329 e. The third-order valence-electron chi connectivity index (χ3n) is 8.64. The summed E-state index contributed by atoms with van der Waals surface area (Å²) in [5.41, 5.74) is 10.6. The molecule has 7 aromatic rings. The van der Waals surface area contributed by atoms with Gasteiger partial charge in [0.05, 0.1) is 0 Å². The Bertz CT molecular complexity index is 2070. The maximum absolute atomic E-state index is 2.57. The first kappa shape index (κ1) is 20.3. The van der Waals surface area contributed by atoms with Crippen molar-refractivity contribution in [3.8, 4) is 22.3 Å². The predicted molar refractivity (Wildman–Crippen MR) is 163 cm³/mol. The highest BCUT2D eigenvalue weighted by atomic mass is 15.1. The molecule has 7 aromatic carbocycles. The first-order valence-corrected chi connectivity index (χ1v) is 13.3. The summed E-state index contributed by atoms with van der Waals surface area (Å²) in [5, 5.41) is 7.96. The molecule has 38 heavy (non-hydrogen) atoms. The van der Waals surface area contributed by atoms with Crippen LogP contribution < -0.4 is 15.7 Å². The highest BCUT2D eigenvalue weighted by Crippen LogP contribution is 2.49. The highest BCUT2D eigenvalue weighted by molar-refractivity contribution is 6.92. The SMILES string of the molecule is c1ccc2c(c1)B1c3ccc4c5ccccc5c5ccccc5c4c3-c3ccccc3N1c1ccccc1-2. The second-order valence-corrected chi connectivity index (χ2v) is 10.4. The molecule has 0 saturated heterocycles. The molecule has 0 aliphatic carbocycles. The number of hydrogen-bond donors (Lipinski definition) is 0. The van der Waals surface area contributed by atoms with Crippen molar-refractivity contribution in [2.45, 2.75) is 0 Å². The van der Waals surface area contributed by atoms with E-state index in [4.69, 9.17) is 0 Å². The second kappa shape index (κ2) is 7.37. The minimum Gasteiger partial charge on any atom is -0.376 e. The van der Waals surface area contributed by atoms with Gasteiger partial charge in [0, 0.05) is 22.5 Å². The van der Waals surface area contributed by atoms with Gasteiger partial charge >= 0.3 is 6.85 Å². The standard InChI is InChI=1S/C36H22BN/c1-2-13-25-23(11-1)24-12-3-4-16-28(24)35-29(25)21-22-32-36(35)30-17-7-10-20-34(30)38-33-19-9-6-15-27(33)26-14-5-8-18-31(26)37(32)38/h1-22H. The normalized spacial score (nSPS) is 13.2. The number of nitrogens with zero attached hydrogens (tertiary/aromatic N) is 1. The van der Waals surface area contributed by atoms with Crippen LogP contribution in [0.4, 0.5) is 11.4 Å². The Morgan fingerprint density at radius 3 is 1.61 bits per heavy atom. The fourth-order valence-corrected chi connectivity index (χ4v) is 7.17. The average molecular weight is 479 g/mol. The highest BCUT2D eigenvalue weighted by Gasteiger charge is 2.42. The van der Waals surface area contributed by atoms with Gasteiger partial charge in [0.1, 0.15) is 0 Å². The van der Waals surface area contributed by atoms with Gasteiger partial charge in [-0.25, -0.2) is 0 Å². The van der Waals surface area contributed by atoms with Gasteiger partial charge in [-0.3, -0.25) is 0 Å². The number of rotatable bonds is 0. The Morgan fingerprint density at radius 1 is 0.368 bits per heavy atom. The molecule has 174 valence electrons. The van der Waals surface area contributed by atoms with E-state index in [1.807, 2.05) is 0 Å². The van der Waals surface area contributed by atoms with Crippen LogP contribution in [-0.2, 0) is 0 Å². The summed E-state index contributed by atoms with van der Waals surface area (Å²) >= 11 is 0. The molecule has 0 N–H and O–H groups in total. The van der Waals surface area contributed by atoms with E-state index in [2.05, 4.69) is 138 Å². The monoisotopic (exact) mass is 479 g/mol. The molecule has 0 amide bonds. The van der Waals surface area contributed by atoms with E-state index < -0.39 is 0 Å². The molecule has 0 radical (unpaired) electrons. The zero-order chi connectivity index (χ0) is 24.8. The summed E-state index contributed by atoms with van der Waals surface area (Å²) in [6, 6.07) is 49.4. The molecule has 0 aromatic heterocycles. The largest absolute Gasteiger partial charge is 0.376 e. The van der Waals surface area contributed by atoms with E-state index in [-0.39, 0.29) is 6.85 Å². The summed E-state index contributed by atoms with van der Waals surface area (Å²) in [6.45, 7) is 0.112. The zero-order valence-corrected chi connectivity index (χ0v) is 20.7. The molecule has 0 bridgehead atoms. The van der Waals surface area contributed by atoms with Crippen molar-refractivity contribution in [3.63, 3.8) is 0 Å². The molecule has 0 saturated carbocycles. The molecule has 0 unspecified atom stereocenters. The predicted octanol–water partition coefficient (Wildman–Crippen LogP) is 8.05. The third-order valence-corrected chi connectivity index (χ3v) is 8.64. The second-order valence-electron chi connectivity index (χ2n) is 10.4. The lowest BCUT2D eigenvalue weighted by atomic mass is 9.43. The molecule has 0 spiro atoms. The van der Waals surface area contributed by atoms with Crippen molar-refractivity contribution < 1.29 is 0 Å². The lowest BCUT2D eigenvalue weighted by molar-refractivity contribution is 1.35. The van der Waals surface area contributed by atoms with Crippen LogP contribution in [0.25, 0.3) is 54.6 Å². The molecule has 2 aliphatic heterocycles. The Balaban J connectivity index is 1.51. The Kier molecular flexibility index (Phi) is 3.93. The quantitative estimate of drug-likeness (QED) is 0.157. The van der Waals surface area contributed by atoms with Crippen LogP contribution in [0.15, 0.2) is 133 Å². The third kappa shape index (κ3) is 2.47. The lowest BCUT2D eigenvalue weighted by Gasteiger charge is -2.43. The topological polar surface area (TPSA) is 3.24 Å². The summed E-state index contributed by atoms with van der Waals surface area (Å²) in [6.07, 6.45) is 0. The van der Waals surface area contributed by atoms with Crippen molar-refractivity contribution in [1.82, 2.24) is 0 Å². The van der Waals surface area contributed by atoms with Crippen LogP contribution in [0.5, 0.6) is 0 Å². The van der Waals surface area contributed by atoms with Crippen LogP contribution in [0.1, 0.15) is 0 Å². The molecule has 2 heterocycles. The van der Waals surface area contributed by atoms with Crippen molar-refractivity contribution >= 4 is 61.5 Å². The number of benzene rings is 7. The molecule has 2 aliphatic rings. The van der Waals surface area contributed by atoms with Gasteiger partial charge in [0.25, 0.3) is 0 Å². The van der Waals surface area contributed by atoms with E-state index in [1.54, 1.807) is 0 Å². The molecule has 1 nitrogen and oxygen atoms in total. The van der Waals surface area contributed by atoms with Crippen molar-refractivity contribution in [3.05, 3.63) is 133 Å². The maximum Gasteiger partial charge on any atom is 0.329 e. The van der Waals surface area contributed by atoms with Crippen LogP contribution in [-0.4, -0.2) is 6.85 Å². The van der Waals surface area contributed by atoms with Gasteiger partial charge in [-0.15, -0.1) is 0 Å². The average Bonchev–Trinajstić information content (AvgIpc) is 3.00. The van der Waals surface area contributed by atoms with E-state index in [1.165, 1.54) is 76.9 Å². The minimum atomic E-state index is 0.112. The van der Waals surface area contributed by atoms with E-state index in [0.717, 1.165) is 0 Å². The van der Waals surface area contributed by atoms with Crippen LogP contribution >= 0.6 is 0 Å². The van der Waals surface area contributed by atoms with E-state index in [9.17, 15) is 0 Å². The summed E-state index contributed by atoms with van der Waals surface area (Å²) < 4.78 is 0. The molecular weight excluding hydrogens is 457 g/mol. The lowest BCUT2D eigenvalue weighted by Crippen LogP contribution is -2.59. The van der Waals surface area contributed by atoms with Gasteiger partial charge < -0.3 is 4.81 Å². The molecule has 9 rings (SSSR count). The minimum absolute atomic E-state index is 0.112. The maximum atomic E-state index is 2.57. The van der Waals surface area contributed by atoms with Crippen LogP contribution in [0.2, 0.25) is 0 Å². The fraction of sp³-hybridized carbons (Fsp3) is 0. The number of para-hydroxylation sites is 2. The van der Waals surface area contributed by atoms with E-state index in [0.29, 0.717) is 0 Å². The molecular formula is C36H22BN. The first-order chi connectivity index (χ1) is 18.9. The summed E-state index contributed by atoms with van der Waals surface area (Å²) in [5.74, 6) is 0. The first-order valence-electron chi connectivity index (χ1n) is 13.3. The van der Waals surface area contributed by atoms with Gasteiger partial charge in [-0.1, -0.05) is 121 Å². The number of anilines is 2. The van der Waals surface area contributed by atoms with Crippen molar-refractivity contribution in [1.29, 1.82) is 0 Å². The van der Waals surface area contributed by atoms with Gasteiger partial charge in [-0.05, 0) is 66.5 Å². The van der Waals surface area contributed by atoms with Gasteiger partial charge in [-0.2, -0.15) is 0 Å². The fourth-order valence-electron chi connectivity index (χ4n) is 7.17. The van der Waals surface area contributed by atoms with E-state index >= 15 is 0 Å². The van der Waals surface area contributed by atoms with Crippen LogP contribution in [0, 0.1) is 0 Å². The van der Waals surface area contributed by atoms with Crippen molar-refractivity contribution in [2.24, 2.45) is 0 Å². The zero-order valence-electron chi connectivity index (χ0n) is 20.7. The summed E-state index contributed by atoms with van der Waals surface area (Å²) in [4.78, 5) is 2.57. The number of fused-ring (bicyclic) bond motifs is 18. The van der Waals surface area contributed by atoms with Gasteiger partial charge in [0.2, 0.25) is 0 Å². The Hall–Kier alpha value is -4.82. The number of hydrogen-bond acceptors (Lipinski definition) is 1. The van der Waals surface area contributed by atoms with Crippen LogP contribution in [0.3, 0.4) is 0 Å². The summed E-state index contributed by atoms with van der Waals surface area (Å²) in [7, 11) is 0. The molecule has 0 atom stereocenters. The Labute approximate surface area is 221 Å². The van der Waals surface area contributed by atoms with Gasteiger partial charge in [0.15, 0.2) is 0 Å². The van der Waals surface area contributed by atoms with Crippen molar-refractivity contribution in [2.75, 3.05) is 4.81 Å². The molecule has 2 heteroatoms.